The number of hydrogen-bond donors (Lipinski definition) is 2. The largest absolute Gasteiger partial charge is 0.508 e. The molecule has 0 saturated heterocycles. The standard InChI is InChI=1S/C10H14O4S/c1-2-3-5-8-9(11)6-4-7-10(8)15(12,13)14/h4,6-7,11H,2-3,5H2,1H3,(H,12,13,14). The van der Waals surface area contributed by atoms with Crippen molar-refractivity contribution in [2.24, 2.45) is 0 Å². The van der Waals surface area contributed by atoms with Gasteiger partial charge in [0.2, 0.25) is 0 Å². The van der Waals surface area contributed by atoms with Crippen LogP contribution in [0.2, 0.25) is 0 Å². The summed E-state index contributed by atoms with van der Waals surface area (Å²) in [5, 5.41) is 9.51. The molecule has 5 heteroatoms. The van der Waals surface area contributed by atoms with E-state index in [-0.39, 0.29) is 10.6 Å². The van der Waals surface area contributed by atoms with E-state index in [0.29, 0.717) is 12.0 Å². The highest BCUT2D eigenvalue weighted by Gasteiger charge is 2.17. The lowest BCUT2D eigenvalue weighted by molar-refractivity contribution is 0.456. The molecule has 0 spiro atoms. The molecule has 0 radical (unpaired) electrons. The van der Waals surface area contributed by atoms with Gasteiger partial charge in [0.1, 0.15) is 10.6 Å². The third-order valence-corrected chi connectivity index (χ3v) is 3.10. The maximum atomic E-state index is 11.0. The van der Waals surface area contributed by atoms with Crippen LogP contribution in [0.3, 0.4) is 0 Å². The Morgan fingerprint density at radius 3 is 2.53 bits per heavy atom. The second kappa shape index (κ2) is 4.63. The van der Waals surface area contributed by atoms with Gasteiger partial charge in [-0.2, -0.15) is 8.42 Å². The van der Waals surface area contributed by atoms with Crippen molar-refractivity contribution in [3.8, 4) is 5.75 Å². The zero-order chi connectivity index (χ0) is 11.5. The molecule has 15 heavy (non-hydrogen) atoms. The molecule has 0 aliphatic rings. The first-order chi connectivity index (χ1) is 6.96. The highest BCUT2D eigenvalue weighted by atomic mass is 32.2. The van der Waals surface area contributed by atoms with E-state index in [1.165, 1.54) is 18.2 Å². The predicted molar refractivity (Wildman–Crippen MR) is 56.5 cm³/mol. The first-order valence-corrected chi connectivity index (χ1v) is 6.19. The molecule has 0 bridgehead atoms. The van der Waals surface area contributed by atoms with Crippen LogP contribution >= 0.6 is 0 Å². The Balaban J connectivity index is 3.21. The van der Waals surface area contributed by atoms with E-state index in [2.05, 4.69) is 0 Å². The van der Waals surface area contributed by atoms with Crippen molar-refractivity contribution in [3.05, 3.63) is 23.8 Å². The third kappa shape index (κ3) is 2.94. The first-order valence-electron chi connectivity index (χ1n) is 4.75. The van der Waals surface area contributed by atoms with E-state index in [9.17, 15) is 13.5 Å². The number of phenolic OH excluding ortho intramolecular Hbond substituents is 1. The Labute approximate surface area is 89.3 Å². The Morgan fingerprint density at radius 1 is 1.33 bits per heavy atom. The summed E-state index contributed by atoms with van der Waals surface area (Å²) in [5.41, 5.74) is 0.293. The van der Waals surface area contributed by atoms with Crippen molar-refractivity contribution < 1.29 is 18.1 Å². The minimum Gasteiger partial charge on any atom is -0.508 e. The fourth-order valence-corrected chi connectivity index (χ4v) is 2.17. The molecule has 2 N–H and O–H groups in total. The second-order valence-corrected chi connectivity index (χ2v) is 4.72. The van der Waals surface area contributed by atoms with Crippen LogP contribution in [0.5, 0.6) is 5.75 Å². The summed E-state index contributed by atoms with van der Waals surface area (Å²) >= 11 is 0. The summed E-state index contributed by atoms with van der Waals surface area (Å²) in [5.74, 6) is -0.0847. The molecule has 0 fully saturated rings. The smallest absolute Gasteiger partial charge is 0.294 e. The number of phenols is 1. The molecule has 0 atom stereocenters. The summed E-state index contributed by atoms with van der Waals surface area (Å²) in [6.07, 6.45) is 2.09. The van der Waals surface area contributed by atoms with Crippen molar-refractivity contribution in [2.45, 2.75) is 31.1 Å². The first kappa shape index (κ1) is 12.0. The molecule has 84 valence electrons. The molecule has 0 aliphatic carbocycles. The molecular weight excluding hydrogens is 216 g/mol. The van der Waals surface area contributed by atoms with Crippen LogP contribution < -0.4 is 0 Å². The number of benzene rings is 1. The molecule has 1 rings (SSSR count). The molecular formula is C10H14O4S. The van der Waals surface area contributed by atoms with Gasteiger partial charge in [0.15, 0.2) is 0 Å². The summed E-state index contributed by atoms with van der Waals surface area (Å²) in [6, 6.07) is 4.10. The van der Waals surface area contributed by atoms with Gasteiger partial charge in [-0.05, 0) is 25.0 Å². The zero-order valence-corrected chi connectivity index (χ0v) is 9.29. The van der Waals surface area contributed by atoms with Crippen LogP contribution in [0.4, 0.5) is 0 Å². The van der Waals surface area contributed by atoms with E-state index >= 15 is 0 Å². The number of unbranched alkanes of at least 4 members (excludes halogenated alkanes) is 1. The maximum absolute atomic E-state index is 11.0. The molecule has 0 unspecified atom stereocenters. The van der Waals surface area contributed by atoms with Gasteiger partial charge in [0.05, 0.1) is 0 Å². The van der Waals surface area contributed by atoms with Crippen LogP contribution in [-0.2, 0) is 16.5 Å². The van der Waals surface area contributed by atoms with E-state index in [1.807, 2.05) is 6.92 Å². The molecule has 0 heterocycles. The van der Waals surface area contributed by atoms with Gasteiger partial charge in [-0.3, -0.25) is 4.55 Å². The number of aromatic hydroxyl groups is 1. The lowest BCUT2D eigenvalue weighted by Crippen LogP contribution is -2.03. The maximum Gasteiger partial charge on any atom is 0.294 e. The van der Waals surface area contributed by atoms with Gasteiger partial charge in [-0.15, -0.1) is 0 Å². The number of rotatable bonds is 4. The third-order valence-electron chi connectivity index (χ3n) is 2.17. The Hall–Kier alpha value is -1.07. The van der Waals surface area contributed by atoms with Crippen molar-refractivity contribution in [3.63, 3.8) is 0 Å². The average Bonchev–Trinajstić information content (AvgIpc) is 2.14. The van der Waals surface area contributed by atoms with E-state index in [4.69, 9.17) is 4.55 Å². The summed E-state index contributed by atoms with van der Waals surface area (Å²) in [6.45, 7) is 1.97. The Kier molecular flexibility index (Phi) is 3.71. The number of hydrogen-bond acceptors (Lipinski definition) is 3. The topological polar surface area (TPSA) is 74.6 Å². The summed E-state index contributed by atoms with van der Waals surface area (Å²) in [4.78, 5) is -0.198. The van der Waals surface area contributed by atoms with Gasteiger partial charge in [0.25, 0.3) is 10.1 Å². The van der Waals surface area contributed by atoms with Gasteiger partial charge < -0.3 is 5.11 Å². The van der Waals surface area contributed by atoms with E-state index < -0.39 is 10.1 Å². The molecule has 1 aromatic rings. The quantitative estimate of drug-likeness (QED) is 0.775. The molecule has 0 amide bonds. The average molecular weight is 230 g/mol. The summed E-state index contributed by atoms with van der Waals surface area (Å²) < 4.78 is 31.0. The zero-order valence-electron chi connectivity index (χ0n) is 8.47. The molecule has 1 aromatic carbocycles. The second-order valence-electron chi connectivity index (χ2n) is 3.33. The Morgan fingerprint density at radius 2 is 2.00 bits per heavy atom. The minimum absolute atomic E-state index is 0.0847. The fourth-order valence-electron chi connectivity index (χ4n) is 1.40. The highest BCUT2D eigenvalue weighted by Crippen LogP contribution is 2.26. The Bertz CT molecular complexity index is 437. The van der Waals surface area contributed by atoms with Crippen LogP contribution in [0.15, 0.2) is 23.1 Å². The van der Waals surface area contributed by atoms with Gasteiger partial charge in [-0.25, -0.2) is 0 Å². The van der Waals surface area contributed by atoms with Crippen molar-refractivity contribution in [2.75, 3.05) is 0 Å². The van der Waals surface area contributed by atoms with Crippen LogP contribution in [-0.4, -0.2) is 18.1 Å². The van der Waals surface area contributed by atoms with Crippen molar-refractivity contribution >= 4 is 10.1 Å². The van der Waals surface area contributed by atoms with Crippen molar-refractivity contribution in [1.82, 2.24) is 0 Å². The fraction of sp³-hybridized carbons (Fsp3) is 0.400. The highest BCUT2D eigenvalue weighted by molar-refractivity contribution is 7.85. The molecule has 0 saturated carbocycles. The van der Waals surface area contributed by atoms with Crippen LogP contribution in [0.25, 0.3) is 0 Å². The van der Waals surface area contributed by atoms with Gasteiger partial charge in [0, 0.05) is 5.56 Å². The van der Waals surface area contributed by atoms with Gasteiger partial charge >= 0.3 is 0 Å². The lowest BCUT2D eigenvalue weighted by atomic mass is 10.1. The van der Waals surface area contributed by atoms with Crippen LogP contribution in [0, 0.1) is 0 Å². The summed E-state index contributed by atoms with van der Waals surface area (Å²) in [7, 11) is -4.25. The van der Waals surface area contributed by atoms with Gasteiger partial charge in [-0.1, -0.05) is 19.4 Å². The monoisotopic (exact) mass is 230 g/mol. The lowest BCUT2D eigenvalue weighted by Gasteiger charge is -2.08. The molecule has 0 aromatic heterocycles. The van der Waals surface area contributed by atoms with E-state index in [0.717, 1.165) is 12.8 Å². The molecule has 0 aliphatic heterocycles. The SMILES string of the molecule is CCCCc1c(O)cccc1S(=O)(=O)O. The predicted octanol–water partition coefficient (Wildman–Crippen LogP) is 1.98. The normalized spacial score (nSPS) is 11.6. The van der Waals surface area contributed by atoms with E-state index in [1.54, 1.807) is 0 Å². The molecule has 4 nitrogen and oxygen atoms in total. The van der Waals surface area contributed by atoms with Crippen LogP contribution in [0.1, 0.15) is 25.3 Å². The minimum atomic E-state index is -4.25. The van der Waals surface area contributed by atoms with Crippen molar-refractivity contribution in [1.29, 1.82) is 0 Å².